The number of amides is 1. The van der Waals surface area contributed by atoms with Gasteiger partial charge in [0.05, 0.1) is 0 Å². The van der Waals surface area contributed by atoms with Crippen molar-refractivity contribution in [2.24, 2.45) is 0 Å². The van der Waals surface area contributed by atoms with E-state index in [0.717, 1.165) is 29.7 Å². The van der Waals surface area contributed by atoms with E-state index in [0.29, 0.717) is 5.57 Å². The average Bonchev–Trinajstić information content (AvgIpc) is 2.84. The largest absolute Gasteiger partial charge is 0.507 e. The van der Waals surface area contributed by atoms with Crippen molar-refractivity contribution in [2.75, 3.05) is 5.32 Å². The number of nitrogens with one attached hydrogen (secondary N) is 1. The van der Waals surface area contributed by atoms with Crippen molar-refractivity contribution in [3.63, 3.8) is 0 Å². The lowest BCUT2D eigenvalue weighted by Gasteiger charge is -2.17. The van der Waals surface area contributed by atoms with Crippen LogP contribution in [0.4, 0.5) is 5.69 Å². The summed E-state index contributed by atoms with van der Waals surface area (Å²) in [6.07, 6.45) is 6.25. The predicted molar refractivity (Wildman–Crippen MR) is 87.7 cm³/mol. The Morgan fingerprint density at radius 3 is 2.59 bits per heavy atom. The van der Waals surface area contributed by atoms with Gasteiger partial charge in [0, 0.05) is 22.4 Å². The van der Waals surface area contributed by atoms with Gasteiger partial charge < -0.3 is 10.4 Å². The Morgan fingerprint density at radius 1 is 1.05 bits per heavy atom. The van der Waals surface area contributed by atoms with Crippen LogP contribution >= 0.6 is 0 Å². The molecule has 1 heterocycles. The molecule has 1 aliphatic heterocycles. The lowest BCUT2D eigenvalue weighted by atomic mass is 9.89. The molecular formula is C19H17NO2. The Kier molecular flexibility index (Phi) is 3.00. The van der Waals surface area contributed by atoms with Gasteiger partial charge in [0.2, 0.25) is 0 Å². The van der Waals surface area contributed by atoms with Crippen molar-refractivity contribution in [3.05, 3.63) is 58.7 Å². The van der Waals surface area contributed by atoms with E-state index in [9.17, 15) is 9.90 Å². The highest BCUT2D eigenvalue weighted by Crippen LogP contribution is 2.35. The molecule has 0 bridgehead atoms. The Labute approximate surface area is 129 Å². The number of phenols is 1. The topological polar surface area (TPSA) is 49.3 Å². The summed E-state index contributed by atoms with van der Waals surface area (Å²) in [6, 6.07) is 11.5. The van der Waals surface area contributed by atoms with Crippen LogP contribution in [0.15, 0.2) is 36.4 Å². The summed E-state index contributed by atoms with van der Waals surface area (Å²) in [6.45, 7) is 0. The highest BCUT2D eigenvalue weighted by atomic mass is 16.3. The zero-order valence-corrected chi connectivity index (χ0v) is 12.2. The van der Waals surface area contributed by atoms with Crippen LogP contribution in [0.25, 0.3) is 11.6 Å². The molecule has 0 aromatic heterocycles. The first-order valence-electron chi connectivity index (χ1n) is 7.69. The number of aromatic hydroxyl groups is 1. The van der Waals surface area contributed by atoms with Crippen LogP contribution in [0.2, 0.25) is 0 Å². The Bertz CT molecular complexity index is 805. The molecule has 2 aromatic rings. The first kappa shape index (κ1) is 13.1. The molecule has 110 valence electrons. The van der Waals surface area contributed by atoms with Gasteiger partial charge in [0.25, 0.3) is 5.91 Å². The maximum Gasteiger partial charge on any atom is 0.256 e. The van der Waals surface area contributed by atoms with Gasteiger partial charge in [-0.05, 0) is 61.1 Å². The minimum Gasteiger partial charge on any atom is -0.507 e. The Hall–Kier alpha value is -2.55. The molecule has 2 aliphatic rings. The number of benzene rings is 2. The summed E-state index contributed by atoms with van der Waals surface area (Å²) >= 11 is 0. The van der Waals surface area contributed by atoms with E-state index in [2.05, 4.69) is 5.32 Å². The minimum absolute atomic E-state index is 0.113. The lowest BCUT2D eigenvalue weighted by molar-refractivity contribution is -0.110. The monoisotopic (exact) mass is 291 g/mol. The summed E-state index contributed by atoms with van der Waals surface area (Å²) in [5, 5.41) is 13.1. The van der Waals surface area contributed by atoms with Gasteiger partial charge >= 0.3 is 0 Å². The van der Waals surface area contributed by atoms with E-state index in [1.54, 1.807) is 6.08 Å². The number of para-hydroxylation sites is 1. The summed E-state index contributed by atoms with van der Waals surface area (Å²) in [7, 11) is 0. The smallest absolute Gasteiger partial charge is 0.256 e. The van der Waals surface area contributed by atoms with Gasteiger partial charge in [-0.1, -0.05) is 18.2 Å². The highest BCUT2D eigenvalue weighted by Gasteiger charge is 2.24. The number of phenolic OH excluding ortho intramolecular Hbond substituents is 1. The molecule has 2 N–H and O–H groups in total. The number of hydrogen-bond acceptors (Lipinski definition) is 2. The van der Waals surface area contributed by atoms with Crippen LogP contribution in [0.1, 0.15) is 35.1 Å². The van der Waals surface area contributed by atoms with Crippen molar-refractivity contribution < 1.29 is 9.90 Å². The summed E-state index contributed by atoms with van der Waals surface area (Å²) in [4.78, 5) is 12.2. The molecule has 0 spiro atoms. The first-order chi connectivity index (χ1) is 10.7. The van der Waals surface area contributed by atoms with Gasteiger partial charge in [-0.3, -0.25) is 4.79 Å². The number of hydrogen-bond donors (Lipinski definition) is 2. The molecule has 22 heavy (non-hydrogen) atoms. The van der Waals surface area contributed by atoms with Crippen LogP contribution in [0, 0.1) is 0 Å². The van der Waals surface area contributed by atoms with Crippen LogP contribution < -0.4 is 5.32 Å². The van der Waals surface area contributed by atoms with E-state index in [1.165, 1.54) is 24.0 Å². The third-order valence-corrected chi connectivity index (χ3v) is 4.50. The highest BCUT2D eigenvalue weighted by molar-refractivity contribution is 6.35. The fraction of sp³-hybridized carbons (Fsp3) is 0.211. The molecule has 0 unspecified atom stereocenters. The van der Waals surface area contributed by atoms with E-state index >= 15 is 0 Å². The molecule has 0 saturated heterocycles. The maximum absolute atomic E-state index is 12.2. The SMILES string of the molecule is O=C1Nc2ccccc2/C1=C/c1cc2c(cc1O)CCCC2. The van der Waals surface area contributed by atoms with Crippen molar-refractivity contribution in [2.45, 2.75) is 25.7 Å². The molecule has 3 nitrogen and oxygen atoms in total. The van der Waals surface area contributed by atoms with Gasteiger partial charge in [-0.2, -0.15) is 0 Å². The Balaban J connectivity index is 1.82. The third kappa shape index (κ3) is 2.10. The van der Waals surface area contributed by atoms with Crippen LogP contribution in [-0.2, 0) is 17.6 Å². The first-order valence-corrected chi connectivity index (χ1v) is 7.69. The molecule has 1 amide bonds. The zero-order valence-electron chi connectivity index (χ0n) is 12.2. The predicted octanol–water partition coefficient (Wildman–Crippen LogP) is 3.76. The van der Waals surface area contributed by atoms with Gasteiger partial charge in [-0.15, -0.1) is 0 Å². The molecule has 2 aromatic carbocycles. The van der Waals surface area contributed by atoms with E-state index in [-0.39, 0.29) is 11.7 Å². The summed E-state index contributed by atoms with van der Waals surface area (Å²) in [5.74, 6) is 0.142. The van der Waals surface area contributed by atoms with Gasteiger partial charge in [0.15, 0.2) is 0 Å². The molecule has 0 radical (unpaired) electrons. The second-order valence-corrected chi connectivity index (χ2v) is 5.94. The lowest BCUT2D eigenvalue weighted by Crippen LogP contribution is -2.04. The molecule has 3 heteroatoms. The number of anilines is 1. The van der Waals surface area contributed by atoms with Gasteiger partial charge in [0.1, 0.15) is 5.75 Å². The second-order valence-electron chi connectivity index (χ2n) is 5.94. The number of rotatable bonds is 1. The Morgan fingerprint density at radius 2 is 1.77 bits per heavy atom. The molecule has 4 rings (SSSR count). The molecule has 0 fully saturated rings. The fourth-order valence-corrected chi connectivity index (χ4v) is 3.35. The number of carbonyl (C=O) groups is 1. The van der Waals surface area contributed by atoms with Crippen molar-refractivity contribution in [1.82, 2.24) is 0 Å². The van der Waals surface area contributed by atoms with Crippen molar-refractivity contribution in [3.8, 4) is 5.75 Å². The van der Waals surface area contributed by atoms with E-state index in [1.807, 2.05) is 36.4 Å². The van der Waals surface area contributed by atoms with Crippen molar-refractivity contribution in [1.29, 1.82) is 0 Å². The zero-order chi connectivity index (χ0) is 15.1. The van der Waals surface area contributed by atoms with Gasteiger partial charge in [-0.25, -0.2) is 0 Å². The van der Waals surface area contributed by atoms with Crippen LogP contribution in [0.3, 0.4) is 0 Å². The molecule has 0 atom stereocenters. The van der Waals surface area contributed by atoms with E-state index < -0.39 is 0 Å². The minimum atomic E-state index is -0.113. The molecule has 1 aliphatic carbocycles. The van der Waals surface area contributed by atoms with Crippen molar-refractivity contribution >= 4 is 23.2 Å². The molecular weight excluding hydrogens is 274 g/mol. The number of aryl methyl sites for hydroxylation is 2. The van der Waals surface area contributed by atoms with Crippen LogP contribution in [-0.4, -0.2) is 11.0 Å². The fourth-order valence-electron chi connectivity index (χ4n) is 3.35. The molecule has 0 saturated carbocycles. The average molecular weight is 291 g/mol. The standard InChI is InChI=1S/C19H17NO2/c21-18-11-13-6-2-1-5-12(13)9-14(18)10-16-15-7-3-4-8-17(15)20-19(16)22/h3-4,7-11,21H,1-2,5-6H2,(H,20,22)/b16-10-. The third-order valence-electron chi connectivity index (χ3n) is 4.50. The normalized spacial score (nSPS) is 18.0. The number of carbonyl (C=O) groups excluding carboxylic acids is 1. The summed E-state index contributed by atoms with van der Waals surface area (Å²) in [5.41, 5.74) is 5.59. The summed E-state index contributed by atoms with van der Waals surface area (Å²) < 4.78 is 0. The quantitative estimate of drug-likeness (QED) is 0.786. The second kappa shape index (κ2) is 5.02. The van der Waals surface area contributed by atoms with E-state index in [4.69, 9.17) is 0 Å². The maximum atomic E-state index is 12.2. The van der Waals surface area contributed by atoms with Crippen LogP contribution in [0.5, 0.6) is 5.75 Å². The number of fused-ring (bicyclic) bond motifs is 2.